The minimum Gasteiger partial charge on any atom is -0.491 e. The molecule has 12 heteroatoms. The SMILES string of the molecule is Cc1c(OCC2CN(C3CCCCCCCC3)CO2)ccc2c1CCN(C[C@@H](O)CNC(=O)c1cc(N[C@H]3C[C@H](C(=O)N4CCC4)C3)ncn1)C2. The summed E-state index contributed by atoms with van der Waals surface area (Å²) in [6.45, 7) is 8.32. The predicted molar refractivity (Wildman–Crippen MR) is 195 cm³/mol. The lowest BCUT2D eigenvalue weighted by Gasteiger charge is -2.41. The number of hydrogen-bond acceptors (Lipinski definition) is 10. The number of hydrogen-bond donors (Lipinski definition) is 3. The molecule has 2 atom stereocenters. The van der Waals surface area contributed by atoms with E-state index in [1.165, 1.54) is 74.4 Å². The summed E-state index contributed by atoms with van der Waals surface area (Å²) >= 11 is 0. The highest BCUT2D eigenvalue weighted by atomic mass is 16.5. The summed E-state index contributed by atoms with van der Waals surface area (Å²) < 4.78 is 12.5. The number of amides is 2. The van der Waals surface area contributed by atoms with Crippen molar-refractivity contribution in [3.8, 4) is 5.75 Å². The molecule has 2 aromatic rings. The third-order valence-corrected chi connectivity index (χ3v) is 11.8. The van der Waals surface area contributed by atoms with Crippen LogP contribution in [0.2, 0.25) is 0 Å². The van der Waals surface area contributed by atoms with E-state index in [0.717, 1.165) is 70.9 Å². The molecule has 4 heterocycles. The quantitative estimate of drug-likeness (QED) is 0.299. The number of anilines is 1. The van der Waals surface area contributed by atoms with E-state index >= 15 is 0 Å². The number of aliphatic hydroxyl groups excluding tert-OH is 1. The lowest BCUT2D eigenvalue weighted by Crippen LogP contribution is -2.50. The molecule has 2 amide bonds. The molecule has 278 valence electrons. The number of aromatic nitrogens is 2. The maximum absolute atomic E-state index is 12.9. The van der Waals surface area contributed by atoms with Gasteiger partial charge in [-0.15, -0.1) is 0 Å². The van der Waals surface area contributed by atoms with E-state index in [9.17, 15) is 14.7 Å². The third kappa shape index (κ3) is 9.19. The molecule has 3 N–H and O–H groups in total. The first kappa shape index (κ1) is 36.1. The zero-order valence-electron chi connectivity index (χ0n) is 30.4. The Morgan fingerprint density at radius 1 is 1.04 bits per heavy atom. The average molecular weight is 704 g/mol. The highest BCUT2D eigenvalue weighted by Crippen LogP contribution is 2.33. The van der Waals surface area contributed by atoms with E-state index in [1.54, 1.807) is 6.07 Å². The van der Waals surface area contributed by atoms with E-state index in [0.29, 0.717) is 25.0 Å². The lowest BCUT2D eigenvalue weighted by atomic mass is 9.79. The van der Waals surface area contributed by atoms with Gasteiger partial charge in [0.2, 0.25) is 5.91 Å². The standard InChI is InChI=1S/C39H57N7O5/c1-27-34-13-16-44(21-28(34)11-12-36(27)50-24-33-23-46(26-51-33)31-9-6-4-2-3-5-7-10-31)22-32(47)20-40-38(48)35-19-37(42-25-41-35)43-30-17-29(18-30)39(49)45-14-8-15-45/h11-12,19,25,29-33,47H,2-10,13-18,20-24,26H2,1H3,(H,40,48)(H,41,42,43)/t29-,30-,32-,33?/m0/s1. The number of β-amino-alcohol motifs (C(OH)–C–C–N with tert-alkyl or cyclic N) is 1. The van der Waals surface area contributed by atoms with Crippen molar-refractivity contribution in [1.82, 2.24) is 30.0 Å². The Labute approximate surface area is 302 Å². The number of ether oxygens (including phenoxy) is 2. The number of carbonyl (C=O) groups excluding carboxylic acids is 2. The van der Waals surface area contributed by atoms with Crippen LogP contribution in [0.4, 0.5) is 5.82 Å². The Bertz CT molecular complexity index is 1490. The summed E-state index contributed by atoms with van der Waals surface area (Å²) in [4.78, 5) is 40.4. The van der Waals surface area contributed by atoms with Crippen molar-refractivity contribution in [2.45, 2.75) is 115 Å². The summed E-state index contributed by atoms with van der Waals surface area (Å²) in [5.41, 5.74) is 4.03. The van der Waals surface area contributed by atoms with Crippen LogP contribution >= 0.6 is 0 Å². The number of nitrogens with one attached hydrogen (secondary N) is 2. The first-order chi connectivity index (χ1) is 24.9. The molecule has 7 rings (SSSR count). The molecule has 12 nitrogen and oxygen atoms in total. The number of aliphatic hydroxyl groups is 1. The Hall–Kier alpha value is -3.32. The minimum atomic E-state index is -0.715. The van der Waals surface area contributed by atoms with Crippen molar-refractivity contribution in [3.63, 3.8) is 0 Å². The van der Waals surface area contributed by atoms with E-state index < -0.39 is 6.10 Å². The van der Waals surface area contributed by atoms with Crippen molar-refractivity contribution >= 4 is 17.6 Å². The second-order valence-corrected chi connectivity index (χ2v) is 15.5. The van der Waals surface area contributed by atoms with Crippen LogP contribution in [0.1, 0.15) is 97.8 Å². The minimum absolute atomic E-state index is 0.0801. The fourth-order valence-corrected chi connectivity index (χ4v) is 8.44. The molecule has 0 spiro atoms. The third-order valence-electron chi connectivity index (χ3n) is 11.8. The van der Waals surface area contributed by atoms with E-state index in [2.05, 4.69) is 49.5 Å². The van der Waals surface area contributed by atoms with Crippen LogP contribution in [0.3, 0.4) is 0 Å². The summed E-state index contributed by atoms with van der Waals surface area (Å²) in [6.07, 6.45) is 15.0. The van der Waals surface area contributed by atoms with Gasteiger partial charge in [0.1, 0.15) is 36.3 Å². The van der Waals surface area contributed by atoms with E-state index in [4.69, 9.17) is 9.47 Å². The predicted octanol–water partition coefficient (Wildman–Crippen LogP) is 3.90. The van der Waals surface area contributed by atoms with Gasteiger partial charge in [0, 0.05) is 69.9 Å². The van der Waals surface area contributed by atoms with Gasteiger partial charge < -0.3 is 30.1 Å². The zero-order valence-corrected chi connectivity index (χ0v) is 30.4. The molecular weight excluding hydrogens is 646 g/mol. The molecule has 2 saturated carbocycles. The Balaban J connectivity index is 0.822. The number of fused-ring (bicyclic) bond motifs is 1. The summed E-state index contributed by atoms with van der Waals surface area (Å²) in [5.74, 6) is 1.50. The van der Waals surface area contributed by atoms with Crippen LogP contribution in [0.5, 0.6) is 5.75 Å². The van der Waals surface area contributed by atoms with Crippen molar-refractivity contribution < 1.29 is 24.2 Å². The summed E-state index contributed by atoms with van der Waals surface area (Å²) in [5, 5.41) is 17.0. The highest BCUT2D eigenvalue weighted by molar-refractivity contribution is 5.92. The normalized spacial score (nSPS) is 25.4. The molecule has 1 unspecified atom stereocenters. The van der Waals surface area contributed by atoms with Gasteiger partial charge in [-0.05, 0) is 68.2 Å². The van der Waals surface area contributed by atoms with Crippen LogP contribution in [0.15, 0.2) is 24.5 Å². The fourth-order valence-electron chi connectivity index (χ4n) is 8.44. The Morgan fingerprint density at radius 2 is 1.82 bits per heavy atom. The smallest absolute Gasteiger partial charge is 0.270 e. The Morgan fingerprint density at radius 3 is 2.59 bits per heavy atom. The fraction of sp³-hybridized carbons (Fsp3) is 0.692. The monoisotopic (exact) mass is 703 g/mol. The Kier molecular flexibility index (Phi) is 12.0. The van der Waals surface area contributed by atoms with Crippen molar-refractivity contribution in [2.24, 2.45) is 5.92 Å². The second-order valence-electron chi connectivity index (χ2n) is 15.5. The molecule has 1 aromatic carbocycles. The van der Waals surface area contributed by atoms with Crippen LogP contribution in [-0.4, -0.2) is 118 Å². The molecule has 1 aromatic heterocycles. The second kappa shape index (κ2) is 17.0. The number of carbonyl (C=O) groups is 2. The first-order valence-corrected chi connectivity index (χ1v) is 19.6. The number of nitrogens with zero attached hydrogens (tertiary/aromatic N) is 5. The van der Waals surface area contributed by atoms with Crippen molar-refractivity contribution in [3.05, 3.63) is 46.9 Å². The molecule has 5 aliphatic rings. The maximum atomic E-state index is 12.9. The number of likely N-dealkylation sites (tertiary alicyclic amines) is 1. The molecule has 0 bridgehead atoms. The van der Waals surface area contributed by atoms with Gasteiger partial charge >= 0.3 is 0 Å². The van der Waals surface area contributed by atoms with Crippen LogP contribution < -0.4 is 15.4 Å². The largest absolute Gasteiger partial charge is 0.491 e. The van der Waals surface area contributed by atoms with Gasteiger partial charge in [0.15, 0.2) is 0 Å². The van der Waals surface area contributed by atoms with Crippen molar-refractivity contribution in [2.75, 3.05) is 57.9 Å². The molecule has 2 saturated heterocycles. The maximum Gasteiger partial charge on any atom is 0.270 e. The molecule has 0 radical (unpaired) electrons. The molecular formula is C39H57N7O5. The van der Waals surface area contributed by atoms with Gasteiger partial charge in [-0.1, -0.05) is 44.6 Å². The average Bonchev–Trinajstić information content (AvgIpc) is 3.61. The summed E-state index contributed by atoms with van der Waals surface area (Å²) in [6, 6.07) is 6.68. The van der Waals surface area contributed by atoms with Crippen LogP contribution in [-0.2, 0) is 22.5 Å². The van der Waals surface area contributed by atoms with Gasteiger partial charge in [-0.25, -0.2) is 9.97 Å². The zero-order chi connectivity index (χ0) is 35.2. The van der Waals surface area contributed by atoms with Crippen LogP contribution in [0, 0.1) is 12.8 Å². The molecule has 4 fully saturated rings. The lowest BCUT2D eigenvalue weighted by molar-refractivity contribution is -0.142. The molecule has 3 aliphatic heterocycles. The van der Waals surface area contributed by atoms with E-state index in [1.807, 2.05) is 4.90 Å². The molecule has 51 heavy (non-hydrogen) atoms. The number of benzene rings is 1. The van der Waals surface area contributed by atoms with Gasteiger partial charge in [-0.2, -0.15) is 0 Å². The van der Waals surface area contributed by atoms with E-state index in [-0.39, 0.29) is 42.1 Å². The first-order valence-electron chi connectivity index (χ1n) is 19.6. The van der Waals surface area contributed by atoms with Gasteiger partial charge in [0.25, 0.3) is 5.91 Å². The summed E-state index contributed by atoms with van der Waals surface area (Å²) in [7, 11) is 0. The molecule has 2 aliphatic carbocycles. The van der Waals surface area contributed by atoms with Crippen molar-refractivity contribution in [1.29, 1.82) is 0 Å². The number of rotatable bonds is 12. The topological polar surface area (TPSA) is 132 Å². The highest BCUT2D eigenvalue weighted by Gasteiger charge is 2.38. The van der Waals surface area contributed by atoms with Crippen LogP contribution in [0.25, 0.3) is 0 Å². The van der Waals surface area contributed by atoms with Gasteiger partial charge in [-0.3, -0.25) is 19.4 Å². The van der Waals surface area contributed by atoms with Gasteiger partial charge in [0.05, 0.1) is 12.8 Å².